The van der Waals surface area contributed by atoms with E-state index in [9.17, 15) is 9.00 Å². The van der Waals surface area contributed by atoms with Crippen molar-refractivity contribution < 1.29 is 13.4 Å². The average molecular weight is 455 g/mol. The van der Waals surface area contributed by atoms with E-state index in [1.54, 1.807) is 12.1 Å². The fourth-order valence-corrected chi connectivity index (χ4v) is 3.89. The number of rotatable bonds is 11. The molecule has 0 aliphatic rings. The van der Waals surface area contributed by atoms with E-state index < -0.39 is 10.8 Å². The predicted octanol–water partition coefficient (Wildman–Crippen LogP) is 4.20. The zero-order valence-corrected chi connectivity index (χ0v) is 18.3. The lowest BCUT2D eigenvalue weighted by Gasteiger charge is -2.19. The average Bonchev–Trinajstić information content (AvgIpc) is 3.13. The molecule has 0 saturated heterocycles. The number of unbranched alkanes of at least 4 members (excludes halogenated alkanes) is 1. The smallest absolute Gasteiger partial charge is 0.287 e. The monoisotopic (exact) mass is 454 g/mol. The third-order valence-electron chi connectivity index (χ3n) is 4.22. The molecule has 1 N–H and O–H groups in total. The van der Waals surface area contributed by atoms with E-state index in [2.05, 4.69) is 40.0 Å². The Morgan fingerprint density at radius 2 is 1.89 bits per heavy atom. The highest BCUT2D eigenvalue weighted by Crippen LogP contribution is 2.17. The molecular formula is C20H27BrN2O3S. The largest absolute Gasteiger partial charge is 0.455 e. The minimum atomic E-state index is -1.21. The van der Waals surface area contributed by atoms with E-state index in [4.69, 9.17) is 4.42 Å². The van der Waals surface area contributed by atoms with Crippen molar-refractivity contribution in [1.82, 2.24) is 10.2 Å². The van der Waals surface area contributed by atoms with Crippen molar-refractivity contribution in [2.45, 2.75) is 37.3 Å². The van der Waals surface area contributed by atoms with Crippen LogP contribution in [0.3, 0.4) is 0 Å². The van der Waals surface area contributed by atoms with Crippen LogP contribution in [0.5, 0.6) is 0 Å². The van der Waals surface area contributed by atoms with Crippen LogP contribution in [0.25, 0.3) is 0 Å². The molecule has 0 aliphatic carbocycles. The van der Waals surface area contributed by atoms with E-state index in [0.29, 0.717) is 12.3 Å². The summed E-state index contributed by atoms with van der Waals surface area (Å²) in [4.78, 5) is 15.3. The van der Waals surface area contributed by atoms with Crippen LogP contribution in [-0.2, 0) is 16.6 Å². The molecule has 0 fully saturated rings. The molecule has 148 valence electrons. The molecule has 1 aromatic carbocycles. The Morgan fingerprint density at radius 3 is 2.56 bits per heavy atom. The van der Waals surface area contributed by atoms with Crippen molar-refractivity contribution in [3.05, 3.63) is 52.4 Å². The summed E-state index contributed by atoms with van der Waals surface area (Å²) in [5.74, 6) is 0.811. The Hall–Kier alpha value is -1.44. The van der Waals surface area contributed by atoms with Gasteiger partial charge in [0, 0.05) is 22.5 Å². The number of amides is 1. The van der Waals surface area contributed by atoms with Gasteiger partial charge in [-0.25, -0.2) is 0 Å². The molecule has 7 heteroatoms. The summed E-state index contributed by atoms with van der Waals surface area (Å²) in [7, 11) is -1.21. The first-order valence-electron chi connectivity index (χ1n) is 9.26. The minimum Gasteiger partial charge on any atom is -0.455 e. The fourth-order valence-electron chi connectivity index (χ4n) is 2.60. The van der Waals surface area contributed by atoms with Gasteiger partial charge in [-0.15, -0.1) is 0 Å². The van der Waals surface area contributed by atoms with Crippen LogP contribution >= 0.6 is 15.9 Å². The standard InChI is InChI=1S/C20H27BrN2O3S/c1-3-5-13-23(4-2)14-12-22-20(24)19-11-8-17(26-19)15-27(25)18-9-6-16(21)7-10-18/h6-11H,3-5,12-15H2,1-2H3,(H,22,24). The number of furan rings is 1. The zero-order valence-electron chi connectivity index (χ0n) is 15.9. The van der Waals surface area contributed by atoms with Gasteiger partial charge in [0.1, 0.15) is 5.76 Å². The third kappa shape index (κ3) is 7.24. The number of halogens is 1. The third-order valence-corrected chi connectivity index (χ3v) is 6.10. The molecule has 0 saturated carbocycles. The Kier molecular flexibility index (Phi) is 9.24. The number of likely N-dealkylation sites (N-methyl/N-ethyl adjacent to an activating group) is 1. The van der Waals surface area contributed by atoms with Crippen LogP contribution < -0.4 is 5.32 Å². The first-order valence-corrected chi connectivity index (χ1v) is 11.4. The van der Waals surface area contributed by atoms with Crippen LogP contribution in [0, 0.1) is 0 Å². The van der Waals surface area contributed by atoms with Gasteiger partial charge in [-0.2, -0.15) is 0 Å². The van der Waals surface area contributed by atoms with E-state index >= 15 is 0 Å². The SMILES string of the molecule is CCCCN(CC)CCNC(=O)c1ccc(CS(=O)c2ccc(Br)cc2)o1. The van der Waals surface area contributed by atoms with Crippen molar-refractivity contribution in [1.29, 1.82) is 0 Å². The van der Waals surface area contributed by atoms with Crippen molar-refractivity contribution >= 4 is 32.6 Å². The molecule has 1 aromatic heterocycles. The van der Waals surface area contributed by atoms with Gasteiger partial charge in [0.15, 0.2) is 5.76 Å². The Bertz CT molecular complexity index is 746. The molecule has 0 aliphatic heterocycles. The Labute approximate surface area is 172 Å². The molecule has 27 heavy (non-hydrogen) atoms. The number of nitrogens with zero attached hydrogens (tertiary/aromatic N) is 1. The molecule has 1 amide bonds. The van der Waals surface area contributed by atoms with Crippen molar-refractivity contribution in [2.75, 3.05) is 26.2 Å². The molecule has 1 atom stereocenters. The van der Waals surface area contributed by atoms with Gasteiger partial charge in [-0.1, -0.05) is 36.2 Å². The second-order valence-electron chi connectivity index (χ2n) is 6.25. The van der Waals surface area contributed by atoms with Gasteiger partial charge in [0.05, 0.1) is 16.6 Å². The Morgan fingerprint density at radius 1 is 1.15 bits per heavy atom. The molecule has 1 unspecified atom stereocenters. The van der Waals surface area contributed by atoms with Crippen molar-refractivity contribution in [2.24, 2.45) is 0 Å². The van der Waals surface area contributed by atoms with Gasteiger partial charge in [-0.3, -0.25) is 9.00 Å². The second-order valence-corrected chi connectivity index (χ2v) is 8.62. The van der Waals surface area contributed by atoms with E-state index in [-0.39, 0.29) is 17.4 Å². The molecule has 2 rings (SSSR count). The highest BCUT2D eigenvalue weighted by molar-refractivity contribution is 9.10. The summed E-state index contributed by atoms with van der Waals surface area (Å²) in [6, 6.07) is 10.7. The topological polar surface area (TPSA) is 62.6 Å². The quantitative estimate of drug-likeness (QED) is 0.552. The number of nitrogens with one attached hydrogen (secondary N) is 1. The lowest BCUT2D eigenvalue weighted by atomic mass is 10.3. The van der Waals surface area contributed by atoms with Gasteiger partial charge in [0.25, 0.3) is 5.91 Å². The molecule has 0 spiro atoms. The second kappa shape index (κ2) is 11.4. The summed E-state index contributed by atoms with van der Waals surface area (Å²) in [6.07, 6.45) is 2.33. The highest BCUT2D eigenvalue weighted by atomic mass is 79.9. The first kappa shape index (κ1) is 21.9. The molecule has 0 bridgehead atoms. The number of carbonyl (C=O) groups excluding carboxylic acids is 1. The van der Waals surface area contributed by atoms with Crippen LogP contribution in [-0.4, -0.2) is 41.2 Å². The van der Waals surface area contributed by atoms with Gasteiger partial charge in [-0.05, 0) is 55.9 Å². The van der Waals surface area contributed by atoms with Crippen LogP contribution in [0.2, 0.25) is 0 Å². The normalized spacial score (nSPS) is 12.3. The van der Waals surface area contributed by atoms with Crippen molar-refractivity contribution in [3.63, 3.8) is 0 Å². The van der Waals surface area contributed by atoms with E-state index in [0.717, 1.165) is 29.0 Å². The highest BCUT2D eigenvalue weighted by Gasteiger charge is 2.14. The van der Waals surface area contributed by atoms with Gasteiger partial charge >= 0.3 is 0 Å². The Balaban J connectivity index is 1.82. The summed E-state index contributed by atoms with van der Waals surface area (Å²) < 4.78 is 18.9. The van der Waals surface area contributed by atoms with Gasteiger partial charge in [0.2, 0.25) is 0 Å². The number of carbonyl (C=O) groups is 1. The van der Waals surface area contributed by atoms with Crippen LogP contribution in [0.15, 0.2) is 50.2 Å². The summed E-state index contributed by atoms with van der Waals surface area (Å²) >= 11 is 3.36. The van der Waals surface area contributed by atoms with E-state index in [1.807, 2.05) is 24.3 Å². The van der Waals surface area contributed by atoms with E-state index in [1.165, 1.54) is 12.8 Å². The molecule has 2 aromatic rings. The number of benzene rings is 1. The van der Waals surface area contributed by atoms with Gasteiger partial charge < -0.3 is 14.6 Å². The maximum atomic E-state index is 12.4. The number of hydrogen-bond donors (Lipinski definition) is 1. The number of hydrogen-bond acceptors (Lipinski definition) is 4. The first-order chi connectivity index (χ1) is 13.0. The summed E-state index contributed by atoms with van der Waals surface area (Å²) in [6.45, 7) is 7.73. The predicted molar refractivity (Wildman–Crippen MR) is 112 cm³/mol. The van der Waals surface area contributed by atoms with Crippen molar-refractivity contribution in [3.8, 4) is 0 Å². The molecule has 0 radical (unpaired) electrons. The summed E-state index contributed by atoms with van der Waals surface area (Å²) in [5, 5.41) is 2.89. The zero-order chi connectivity index (χ0) is 19.6. The molecule has 1 heterocycles. The fraction of sp³-hybridized carbons (Fsp3) is 0.450. The molecular weight excluding hydrogens is 428 g/mol. The summed E-state index contributed by atoms with van der Waals surface area (Å²) in [5.41, 5.74) is 0. The maximum absolute atomic E-state index is 12.4. The lowest BCUT2D eigenvalue weighted by molar-refractivity contribution is 0.0919. The molecule has 5 nitrogen and oxygen atoms in total. The maximum Gasteiger partial charge on any atom is 0.287 e. The van der Waals surface area contributed by atoms with Crippen LogP contribution in [0.4, 0.5) is 0 Å². The minimum absolute atomic E-state index is 0.234. The lowest BCUT2D eigenvalue weighted by Crippen LogP contribution is -2.35. The van der Waals surface area contributed by atoms with Crippen LogP contribution in [0.1, 0.15) is 43.0 Å².